The van der Waals surface area contributed by atoms with Gasteiger partial charge in [0.1, 0.15) is 0 Å². The van der Waals surface area contributed by atoms with Crippen molar-refractivity contribution in [3.8, 4) is 0 Å². The molecule has 0 aromatic heterocycles. The van der Waals surface area contributed by atoms with Gasteiger partial charge in [0.2, 0.25) is 0 Å². The molecule has 0 amide bonds. The molecule has 7 unspecified atom stereocenters. The Balaban J connectivity index is 0.000000198. The molecule has 0 bridgehead atoms. The van der Waals surface area contributed by atoms with Gasteiger partial charge in [-0.25, -0.2) is 0 Å². The SMILES string of the molecule is CC1=CC(C2CCCCC2)CC1C1CCC(C)CC1.CCCCCC1CCC(C2CC(CC)C(CC)C(CC)C2)C1C1CCCCC1. The van der Waals surface area contributed by atoms with Crippen LogP contribution in [0.15, 0.2) is 11.6 Å². The lowest BCUT2D eigenvalue weighted by atomic mass is 9.59. The Morgan fingerprint density at radius 2 is 1.17 bits per heavy atom. The van der Waals surface area contributed by atoms with Gasteiger partial charge < -0.3 is 0 Å². The molecule has 7 atom stereocenters. The number of unbranched alkanes of at least 4 members (excludes halogenated alkanes) is 2. The van der Waals surface area contributed by atoms with Crippen LogP contribution in [0.3, 0.4) is 0 Å². The Kier molecular flexibility index (Phi) is 15.7. The maximum absolute atomic E-state index is 2.69. The molecule has 6 rings (SSSR count). The fraction of sp³-hybridized carbons (Fsp3) is 0.957. The van der Waals surface area contributed by atoms with Gasteiger partial charge >= 0.3 is 0 Å². The molecule has 0 spiro atoms. The highest BCUT2D eigenvalue weighted by atomic mass is 14.5. The Morgan fingerprint density at radius 1 is 0.553 bits per heavy atom. The van der Waals surface area contributed by atoms with E-state index in [2.05, 4.69) is 47.6 Å². The van der Waals surface area contributed by atoms with Crippen molar-refractivity contribution < 1.29 is 0 Å². The van der Waals surface area contributed by atoms with Crippen LogP contribution in [0, 0.1) is 76.9 Å². The summed E-state index contributed by atoms with van der Waals surface area (Å²) in [6.07, 6.45) is 42.0. The first-order valence-corrected chi connectivity index (χ1v) is 22.6. The fourth-order valence-corrected chi connectivity index (χ4v) is 13.7. The minimum Gasteiger partial charge on any atom is -0.0819 e. The lowest BCUT2D eigenvalue weighted by molar-refractivity contribution is 0.0314. The molecule has 5 fully saturated rings. The highest BCUT2D eigenvalue weighted by Gasteiger charge is 2.47. The first kappa shape index (κ1) is 38.0. The van der Waals surface area contributed by atoms with Crippen LogP contribution >= 0.6 is 0 Å². The van der Waals surface area contributed by atoms with Crippen molar-refractivity contribution in [2.75, 3.05) is 0 Å². The van der Waals surface area contributed by atoms with Crippen LogP contribution in [0.25, 0.3) is 0 Å². The van der Waals surface area contributed by atoms with Crippen LogP contribution in [-0.4, -0.2) is 0 Å². The lowest BCUT2D eigenvalue weighted by Crippen LogP contribution is -2.38. The zero-order valence-corrected chi connectivity index (χ0v) is 33.0. The standard InChI is InChI=1S/C28H52.C19H32/c1-5-9-11-14-24-17-18-27(28(24)23-15-12-10-13-16-23)25-19-21(6-2)26(8-4)22(7-3)20-25;1-14-8-10-17(11-9-14)19-13-18(12-15(19)2)16-6-4-3-5-7-16/h21-28H,5-20H2,1-4H3;12,14,16-19H,3-11,13H2,1-2H3. The van der Waals surface area contributed by atoms with Gasteiger partial charge in [0.25, 0.3) is 0 Å². The molecule has 0 radical (unpaired) electrons. The highest BCUT2D eigenvalue weighted by molar-refractivity contribution is 5.16. The minimum absolute atomic E-state index is 0.949. The molecule has 0 N–H and O–H groups in total. The molecule has 0 aromatic carbocycles. The predicted molar refractivity (Wildman–Crippen MR) is 208 cm³/mol. The molecule has 6 aliphatic rings. The van der Waals surface area contributed by atoms with E-state index in [0.717, 1.165) is 76.9 Å². The second-order valence-electron chi connectivity index (χ2n) is 18.9. The average molecular weight is 649 g/mol. The maximum atomic E-state index is 2.69. The van der Waals surface area contributed by atoms with Crippen molar-refractivity contribution in [1.82, 2.24) is 0 Å². The van der Waals surface area contributed by atoms with Crippen molar-refractivity contribution in [3.63, 3.8) is 0 Å². The van der Waals surface area contributed by atoms with E-state index in [0.29, 0.717) is 0 Å². The van der Waals surface area contributed by atoms with E-state index in [1.54, 1.807) is 50.5 Å². The van der Waals surface area contributed by atoms with Gasteiger partial charge in [0.15, 0.2) is 0 Å². The van der Waals surface area contributed by atoms with Gasteiger partial charge in [-0.15, -0.1) is 0 Å². The molecule has 0 aliphatic heterocycles. The minimum atomic E-state index is 0.949. The molecular weight excluding hydrogens is 565 g/mol. The van der Waals surface area contributed by atoms with Crippen LogP contribution in [0.4, 0.5) is 0 Å². The third-order valence-corrected chi connectivity index (χ3v) is 16.3. The molecule has 47 heavy (non-hydrogen) atoms. The summed E-state index contributed by atoms with van der Waals surface area (Å²) in [7, 11) is 0. The molecule has 272 valence electrons. The van der Waals surface area contributed by atoms with Crippen molar-refractivity contribution in [2.24, 2.45) is 76.9 Å². The largest absolute Gasteiger partial charge is 0.0819 e. The zero-order chi connectivity index (χ0) is 33.2. The predicted octanol–water partition coefficient (Wildman–Crippen LogP) is 15.3. The van der Waals surface area contributed by atoms with E-state index in [4.69, 9.17) is 0 Å². The van der Waals surface area contributed by atoms with Crippen LogP contribution in [0.2, 0.25) is 0 Å². The molecular formula is C47H84. The van der Waals surface area contributed by atoms with Gasteiger partial charge in [-0.3, -0.25) is 0 Å². The molecule has 0 aromatic rings. The Bertz CT molecular complexity index is 864. The van der Waals surface area contributed by atoms with Crippen molar-refractivity contribution in [2.45, 2.75) is 208 Å². The molecule has 0 heterocycles. The summed E-state index contributed by atoms with van der Waals surface area (Å²) < 4.78 is 0. The van der Waals surface area contributed by atoms with Crippen molar-refractivity contribution in [1.29, 1.82) is 0 Å². The Hall–Kier alpha value is -0.260. The Morgan fingerprint density at radius 3 is 1.74 bits per heavy atom. The highest BCUT2D eigenvalue weighted by Crippen LogP contribution is 2.56. The van der Waals surface area contributed by atoms with E-state index < -0.39 is 0 Å². The van der Waals surface area contributed by atoms with Crippen LogP contribution < -0.4 is 0 Å². The van der Waals surface area contributed by atoms with Gasteiger partial charge in [0, 0.05) is 0 Å². The zero-order valence-electron chi connectivity index (χ0n) is 33.0. The third-order valence-electron chi connectivity index (χ3n) is 16.3. The molecule has 0 heteroatoms. The quantitative estimate of drug-likeness (QED) is 0.154. The summed E-state index contributed by atoms with van der Waals surface area (Å²) in [5.41, 5.74) is 1.76. The summed E-state index contributed by atoms with van der Waals surface area (Å²) in [4.78, 5) is 0. The summed E-state index contributed by atoms with van der Waals surface area (Å²) >= 11 is 0. The maximum Gasteiger partial charge on any atom is -0.0172 e. The van der Waals surface area contributed by atoms with Crippen LogP contribution in [0.5, 0.6) is 0 Å². The van der Waals surface area contributed by atoms with Gasteiger partial charge in [-0.05, 0) is 142 Å². The van der Waals surface area contributed by atoms with Gasteiger partial charge in [0.05, 0.1) is 0 Å². The molecule has 0 nitrogen and oxygen atoms in total. The van der Waals surface area contributed by atoms with Crippen molar-refractivity contribution >= 4 is 0 Å². The lowest BCUT2D eigenvalue weighted by Gasteiger charge is -2.46. The summed E-state index contributed by atoms with van der Waals surface area (Å²) in [6.45, 7) is 14.7. The average Bonchev–Trinajstić information content (AvgIpc) is 3.72. The number of hydrogen-bond donors (Lipinski definition) is 0. The third kappa shape index (κ3) is 9.96. The second kappa shape index (κ2) is 19.4. The molecule has 5 saturated carbocycles. The molecule has 0 saturated heterocycles. The second-order valence-corrected chi connectivity index (χ2v) is 18.9. The van der Waals surface area contributed by atoms with Crippen molar-refractivity contribution in [3.05, 3.63) is 11.6 Å². The monoisotopic (exact) mass is 649 g/mol. The van der Waals surface area contributed by atoms with Crippen LogP contribution in [-0.2, 0) is 0 Å². The number of rotatable bonds is 11. The summed E-state index contributed by atoms with van der Waals surface area (Å²) in [5.74, 6) is 13.5. The van der Waals surface area contributed by atoms with E-state index in [1.807, 2.05) is 0 Å². The first-order valence-electron chi connectivity index (χ1n) is 22.6. The van der Waals surface area contributed by atoms with E-state index >= 15 is 0 Å². The summed E-state index contributed by atoms with van der Waals surface area (Å²) in [6, 6.07) is 0. The van der Waals surface area contributed by atoms with Crippen LogP contribution in [0.1, 0.15) is 208 Å². The Labute approximate surface area is 296 Å². The summed E-state index contributed by atoms with van der Waals surface area (Å²) in [5, 5.41) is 0. The molecule has 6 aliphatic carbocycles. The van der Waals surface area contributed by atoms with Gasteiger partial charge in [-0.2, -0.15) is 0 Å². The topological polar surface area (TPSA) is 0 Å². The number of allylic oxidation sites excluding steroid dienone is 2. The van der Waals surface area contributed by atoms with E-state index in [1.165, 1.54) is 122 Å². The van der Waals surface area contributed by atoms with Gasteiger partial charge in [-0.1, -0.05) is 155 Å². The van der Waals surface area contributed by atoms with E-state index in [9.17, 15) is 0 Å². The smallest absolute Gasteiger partial charge is 0.0172 e. The number of hydrogen-bond acceptors (Lipinski definition) is 0. The fourth-order valence-electron chi connectivity index (χ4n) is 13.7. The van der Waals surface area contributed by atoms with E-state index in [-0.39, 0.29) is 0 Å². The normalized spacial score (nSPS) is 40.6. The first-order chi connectivity index (χ1) is 23.0.